The number of benzene rings is 2. The fourth-order valence-electron chi connectivity index (χ4n) is 2.28. The lowest BCUT2D eigenvalue weighted by atomic mass is 9.98. The molecule has 1 unspecified atom stereocenters. The van der Waals surface area contributed by atoms with Gasteiger partial charge < -0.3 is 10.4 Å². The van der Waals surface area contributed by atoms with Crippen LogP contribution in [-0.4, -0.2) is 17.6 Å². The van der Waals surface area contributed by atoms with Crippen molar-refractivity contribution >= 4 is 5.91 Å². The Morgan fingerprint density at radius 1 is 1.19 bits per heavy atom. The minimum atomic E-state index is -0.225. The topological polar surface area (TPSA) is 49.3 Å². The van der Waals surface area contributed by atoms with E-state index in [0.717, 1.165) is 12.0 Å². The molecule has 0 spiro atoms. The maximum atomic E-state index is 12.1. The lowest BCUT2D eigenvalue weighted by Crippen LogP contribution is -2.25. The zero-order valence-electron chi connectivity index (χ0n) is 12.5. The van der Waals surface area contributed by atoms with Gasteiger partial charge in [-0.2, -0.15) is 0 Å². The molecule has 1 amide bonds. The van der Waals surface area contributed by atoms with Gasteiger partial charge in [0, 0.05) is 6.54 Å². The molecule has 0 saturated carbocycles. The third kappa shape index (κ3) is 4.09. The van der Waals surface area contributed by atoms with Crippen molar-refractivity contribution in [2.75, 3.05) is 6.54 Å². The molecule has 0 heterocycles. The van der Waals surface area contributed by atoms with Crippen molar-refractivity contribution in [2.24, 2.45) is 0 Å². The highest BCUT2D eigenvalue weighted by Crippen LogP contribution is 2.19. The summed E-state index contributed by atoms with van der Waals surface area (Å²) in [7, 11) is 0. The van der Waals surface area contributed by atoms with Crippen LogP contribution in [0.4, 0.5) is 0 Å². The number of amides is 1. The molecular formula is C18H21NO2. The van der Waals surface area contributed by atoms with Crippen LogP contribution < -0.4 is 5.32 Å². The first-order chi connectivity index (χ1) is 10.1. The minimum absolute atomic E-state index is 0.0224. The second-order valence-corrected chi connectivity index (χ2v) is 5.38. The van der Waals surface area contributed by atoms with Crippen molar-refractivity contribution in [1.29, 1.82) is 0 Å². The Morgan fingerprint density at radius 3 is 2.62 bits per heavy atom. The van der Waals surface area contributed by atoms with E-state index in [1.165, 1.54) is 5.56 Å². The molecule has 0 aliphatic rings. The van der Waals surface area contributed by atoms with Crippen LogP contribution in [0.2, 0.25) is 0 Å². The van der Waals surface area contributed by atoms with E-state index in [1.807, 2.05) is 25.1 Å². The molecule has 0 bridgehead atoms. The van der Waals surface area contributed by atoms with Gasteiger partial charge in [0.05, 0.1) is 5.56 Å². The first-order valence-corrected chi connectivity index (χ1v) is 7.20. The SMILES string of the molecule is Cc1ccc(O)c(C(=O)NCCC(C)c2ccccc2)c1. The number of hydrogen-bond acceptors (Lipinski definition) is 2. The monoisotopic (exact) mass is 283 g/mol. The molecule has 110 valence electrons. The van der Waals surface area contributed by atoms with E-state index in [1.54, 1.807) is 18.2 Å². The molecule has 0 radical (unpaired) electrons. The van der Waals surface area contributed by atoms with Gasteiger partial charge in [-0.1, -0.05) is 48.9 Å². The number of aryl methyl sites for hydroxylation is 1. The summed E-state index contributed by atoms with van der Waals surface area (Å²) in [6.45, 7) is 4.63. The van der Waals surface area contributed by atoms with Crippen LogP contribution >= 0.6 is 0 Å². The summed E-state index contributed by atoms with van der Waals surface area (Å²) in [5.74, 6) is 0.184. The number of carbonyl (C=O) groups is 1. The first kappa shape index (κ1) is 15.1. The molecule has 21 heavy (non-hydrogen) atoms. The van der Waals surface area contributed by atoms with Crippen molar-refractivity contribution in [3.63, 3.8) is 0 Å². The van der Waals surface area contributed by atoms with Gasteiger partial charge in [-0.25, -0.2) is 0 Å². The lowest BCUT2D eigenvalue weighted by Gasteiger charge is -2.13. The quantitative estimate of drug-likeness (QED) is 0.880. The third-order valence-corrected chi connectivity index (χ3v) is 3.63. The van der Waals surface area contributed by atoms with Crippen molar-refractivity contribution in [3.05, 3.63) is 65.2 Å². The van der Waals surface area contributed by atoms with Crippen molar-refractivity contribution in [1.82, 2.24) is 5.32 Å². The fraction of sp³-hybridized carbons (Fsp3) is 0.278. The van der Waals surface area contributed by atoms with Crippen molar-refractivity contribution in [2.45, 2.75) is 26.2 Å². The van der Waals surface area contributed by atoms with Gasteiger partial charge in [0.1, 0.15) is 5.75 Å². The summed E-state index contributed by atoms with van der Waals surface area (Å²) in [6.07, 6.45) is 0.863. The summed E-state index contributed by atoms with van der Waals surface area (Å²) in [4.78, 5) is 12.1. The third-order valence-electron chi connectivity index (χ3n) is 3.63. The molecule has 3 heteroatoms. The molecule has 1 atom stereocenters. The Kier molecular flexibility index (Phi) is 4.99. The number of phenols is 1. The highest BCUT2D eigenvalue weighted by Gasteiger charge is 2.11. The predicted molar refractivity (Wildman–Crippen MR) is 84.7 cm³/mol. The highest BCUT2D eigenvalue weighted by atomic mass is 16.3. The Morgan fingerprint density at radius 2 is 1.90 bits per heavy atom. The zero-order valence-corrected chi connectivity index (χ0v) is 12.5. The average Bonchev–Trinajstić information content (AvgIpc) is 2.50. The van der Waals surface area contributed by atoms with E-state index in [-0.39, 0.29) is 11.7 Å². The first-order valence-electron chi connectivity index (χ1n) is 7.20. The Balaban J connectivity index is 1.88. The Labute approximate surface area is 125 Å². The number of carbonyl (C=O) groups excluding carboxylic acids is 1. The average molecular weight is 283 g/mol. The summed E-state index contributed by atoms with van der Waals surface area (Å²) in [6, 6.07) is 15.3. The molecule has 2 rings (SSSR count). The van der Waals surface area contributed by atoms with Gasteiger partial charge in [0.25, 0.3) is 5.91 Å². The maximum absolute atomic E-state index is 12.1. The summed E-state index contributed by atoms with van der Waals surface area (Å²) >= 11 is 0. The molecule has 0 fully saturated rings. The molecular weight excluding hydrogens is 262 g/mol. The fourth-order valence-corrected chi connectivity index (χ4v) is 2.28. The van der Waals surface area contributed by atoms with Crippen LogP contribution in [0.5, 0.6) is 5.75 Å². The van der Waals surface area contributed by atoms with Crippen LogP contribution in [0, 0.1) is 6.92 Å². The smallest absolute Gasteiger partial charge is 0.255 e. The van der Waals surface area contributed by atoms with Gasteiger partial charge in [-0.05, 0) is 37.0 Å². The molecule has 0 aliphatic heterocycles. The van der Waals surface area contributed by atoms with Gasteiger partial charge in [0.2, 0.25) is 0 Å². The predicted octanol–water partition coefficient (Wildman–Crippen LogP) is 3.62. The second kappa shape index (κ2) is 6.93. The normalized spacial score (nSPS) is 11.9. The van der Waals surface area contributed by atoms with Crippen LogP contribution in [0.15, 0.2) is 48.5 Å². The lowest BCUT2D eigenvalue weighted by molar-refractivity contribution is 0.0950. The van der Waals surface area contributed by atoms with Crippen LogP contribution in [0.1, 0.15) is 40.7 Å². The molecule has 0 aromatic heterocycles. The number of aromatic hydroxyl groups is 1. The number of phenolic OH excluding ortho intramolecular Hbond substituents is 1. The molecule has 0 saturated heterocycles. The standard InChI is InChI=1S/C18H21NO2/c1-13-8-9-17(20)16(12-13)18(21)19-11-10-14(2)15-6-4-3-5-7-15/h3-9,12,14,20H,10-11H2,1-2H3,(H,19,21). The van der Waals surface area contributed by atoms with Gasteiger partial charge >= 0.3 is 0 Å². The molecule has 2 N–H and O–H groups in total. The highest BCUT2D eigenvalue weighted by molar-refractivity contribution is 5.96. The summed E-state index contributed by atoms with van der Waals surface area (Å²) in [5, 5.41) is 12.6. The Bertz CT molecular complexity index is 608. The van der Waals surface area contributed by atoms with Gasteiger partial charge in [0.15, 0.2) is 0 Å². The van der Waals surface area contributed by atoms with E-state index < -0.39 is 0 Å². The van der Waals surface area contributed by atoms with E-state index in [4.69, 9.17) is 0 Å². The van der Waals surface area contributed by atoms with Crippen molar-refractivity contribution in [3.8, 4) is 5.75 Å². The number of nitrogens with one attached hydrogen (secondary N) is 1. The van der Waals surface area contributed by atoms with Gasteiger partial charge in [-0.3, -0.25) is 4.79 Å². The molecule has 2 aromatic rings. The largest absolute Gasteiger partial charge is 0.507 e. The number of rotatable bonds is 5. The molecule has 3 nitrogen and oxygen atoms in total. The molecule has 2 aromatic carbocycles. The van der Waals surface area contributed by atoms with E-state index >= 15 is 0 Å². The van der Waals surface area contributed by atoms with Gasteiger partial charge in [-0.15, -0.1) is 0 Å². The van der Waals surface area contributed by atoms with E-state index in [0.29, 0.717) is 18.0 Å². The zero-order chi connectivity index (χ0) is 15.2. The van der Waals surface area contributed by atoms with Crippen LogP contribution in [-0.2, 0) is 0 Å². The number of hydrogen-bond donors (Lipinski definition) is 2. The molecule has 0 aliphatic carbocycles. The van der Waals surface area contributed by atoms with E-state index in [2.05, 4.69) is 24.4 Å². The van der Waals surface area contributed by atoms with Crippen LogP contribution in [0.25, 0.3) is 0 Å². The second-order valence-electron chi connectivity index (χ2n) is 5.38. The van der Waals surface area contributed by atoms with Crippen LogP contribution in [0.3, 0.4) is 0 Å². The van der Waals surface area contributed by atoms with Crippen molar-refractivity contribution < 1.29 is 9.90 Å². The maximum Gasteiger partial charge on any atom is 0.255 e. The minimum Gasteiger partial charge on any atom is -0.507 e. The summed E-state index contributed by atoms with van der Waals surface area (Å²) < 4.78 is 0. The van der Waals surface area contributed by atoms with E-state index in [9.17, 15) is 9.90 Å². The Hall–Kier alpha value is -2.29. The summed E-state index contributed by atoms with van der Waals surface area (Å²) in [5.41, 5.74) is 2.56.